The molecule has 2 N–H and O–H groups in total. The van der Waals surface area contributed by atoms with Gasteiger partial charge in [0.1, 0.15) is 5.69 Å². The zero-order valence-corrected chi connectivity index (χ0v) is 17.3. The number of nitrogens with zero attached hydrogens (tertiary/aromatic N) is 2. The number of carbonyl (C=O) groups excluding carboxylic acids is 2. The van der Waals surface area contributed by atoms with Gasteiger partial charge in [-0.15, -0.1) is 11.3 Å². The molecular weight excluding hydrogens is 443 g/mol. The Kier molecular flexibility index (Phi) is 6.85. The summed E-state index contributed by atoms with van der Waals surface area (Å²) in [4.78, 5) is 33.0. The highest BCUT2D eigenvalue weighted by Crippen LogP contribution is 2.26. The van der Waals surface area contributed by atoms with Crippen LogP contribution in [0.2, 0.25) is 15.1 Å². The molecule has 0 saturated carbocycles. The number of benzene rings is 1. The molecule has 0 bridgehead atoms. The standard InChI is InChI=1S/C18H13Cl3N4O2S/c19-11-2-1-10(14(21)6-11)5-13-8-24-18(28-13)25-16(26)9-23-17(27)15-7-12(20)3-4-22-15/h1-4,6-8H,5,9H2,(H,23,27)(H,24,25,26). The van der Waals surface area contributed by atoms with Crippen LogP contribution in [0.5, 0.6) is 0 Å². The molecular formula is C18H13Cl3N4O2S. The molecule has 0 aliphatic heterocycles. The van der Waals surface area contributed by atoms with Gasteiger partial charge in [0, 0.05) is 38.8 Å². The van der Waals surface area contributed by atoms with Crippen LogP contribution < -0.4 is 10.6 Å². The number of anilines is 1. The Hall–Kier alpha value is -2.19. The Bertz CT molecular complexity index is 1030. The SMILES string of the molecule is O=C(CNC(=O)c1cc(Cl)ccn1)Nc1ncc(Cc2ccc(Cl)cc2Cl)s1. The van der Waals surface area contributed by atoms with Crippen molar-refractivity contribution in [2.75, 3.05) is 11.9 Å². The van der Waals surface area contributed by atoms with E-state index in [9.17, 15) is 9.59 Å². The van der Waals surface area contributed by atoms with Crippen LogP contribution in [-0.2, 0) is 11.2 Å². The fourth-order valence-corrected chi connectivity index (χ4v) is 3.73. The third kappa shape index (κ3) is 5.65. The lowest BCUT2D eigenvalue weighted by Crippen LogP contribution is -2.33. The molecule has 10 heteroatoms. The third-order valence-electron chi connectivity index (χ3n) is 3.54. The van der Waals surface area contributed by atoms with Crippen molar-refractivity contribution in [3.05, 3.63) is 73.9 Å². The minimum absolute atomic E-state index is 0.136. The first-order chi connectivity index (χ1) is 13.4. The van der Waals surface area contributed by atoms with Crippen molar-refractivity contribution in [1.29, 1.82) is 0 Å². The molecule has 28 heavy (non-hydrogen) atoms. The van der Waals surface area contributed by atoms with Crippen LogP contribution in [0.3, 0.4) is 0 Å². The molecule has 0 radical (unpaired) electrons. The first-order valence-corrected chi connectivity index (χ1v) is 9.94. The first-order valence-electron chi connectivity index (χ1n) is 7.99. The van der Waals surface area contributed by atoms with Crippen molar-refractivity contribution >= 4 is 63.1 Å². The van der Waals surface area contributed by atoms with Crippen molar-refractivity contribution in [3.8, 4) is 0 Å². The average molecular weight is 456 g/mol. The third-order valence-corrected chi connectivity index (χ3v) is 5.28. The number of hydrogen-bond donors (Lipinski definition) is 2. The van der Waals surface area contributed by atoms with Crippen LogP contribution in [0, 0.1) is 0 Å². The van der Waals surface area contributed by atoms with E-state index in [0.29, 0.717) is 26.6 Å². The molecule has 3 aromatic rings. The first kappa shape index (κ1) is 20.5. The Morgan fingerprint density at radius 1 is 1.04 bits per heavy atom. The molecule has 0 aliphatic rings. The Labute approximate surface area is 179 Å². The largest absolute Gasteiger partial charge is 0.342 e. The molecule has 2 aromatic heterocycles. The number of amides is 2. The number of pyridine rings is 1. The maximum Gasteiger partial charge on any atom is 0.270 e. The summed E-state index contributed by atoms with van der Waals surface area (Å²) in [5.74, 6) is -0.893. The summed E-state index contributed by atoms with van der Waals surface area (Å²) in [6.45, 7) is -0.217. The van der Waals surface area contributed by atoms with Crippen LogP contribution >= 0.6 is 46.1 Å². The van der Waals surface area contributed by atoms with E-state index in [1.165, 1.54) is 23.6 Å². The van der Waals surface area contributed by atoms with E-state index in [2.05, 4.69) is 20.6 Å². The number of carbonyl (C=O) groups is 2. The predicted molar refractivity (Wildman–Crippen MR) is 112 cm³/mol. The number of nitrogens with one attached hydrogen (secondary N) is 2. The van der Waals surface area contributed by atoms with Crippen LogP contribution in [0.15, 0.2) is 42.7 Å². The Morgan fingerprint density at radius 2 is 1.82 bits per heavy atom. The van der Waals surface area contributed by atoms with E-state index < -0.39 is 11.8 Å². The van der Waals surface area contributed by atoms with E-state index >= 15 is 0 Å². The summed E-state index contributed by atoms with van der Waals surface area (Å²) >= 11 is 19.2. The maximum atomic E-state index is 12.0. The van der Waals surface area contributed by atoms with Gasteiger partial charge < -0.3 is 10.6 Å². The van der Waals surface area contributed by atoms with E-state index in [1.807, 2.05) is 6.07 Å². The molecule has 0 fully saturated rings. The fourth-order valence-electron chi connectivity index (χ4n) is 2.24. The van der Waals surface area contributed by atoms with Gasteiger partial charge in [0.25, 0.3) is 5.91 Å². The summed E-state index contributed by atoms with van der Waals surface area (Å²) < 4.78 is 0. The Balaban J connectivity index is 1.53. The molecule has 3 rings (SSSR count). The zero-order chi connectivity index (χ0) is 20.1. The van der Waals surface area contributed by atoms with Crippen molar-refractivity contribution < 1.29 is 9.59 Å². The minimum Gasteiger partial charge on any atom is -0.342 e. The lowest BCUT2D eigenvalue weighted by atomic mass is 10.1. The van der Waals surface area contributed by atoms with Gasteiger partial charge in [0.2, 0.25) is 5.91 Å². The van der Waals surface area contributed by atoms with Gasteiger partial charge >= 0.3 is 0 Å². The molecule has 144 valence electrons. The van der Waals surface area contributed by atoms with E-state index in [1.54, 1.807) is 24.4 Å². The fraction of sp³-hybridized carbons (Fsp3) is 0.111. The topological polar surface area (TPSA) is 84.0 Å². The number of aromatic nitrogens is 2. The summed E-state index contributed by atoms with van der Waals surface area (Å²) in [5, 5.41) is 7.09. The van der Waals surface area contributed by atoms with Gasteiger partial charge in [0.15, 0.2) is 5.13 Å². The molecule has 0 aliphatic carbocycles. The van der Waals surface area contributed by atoms with Gasteiger partial charge in [0.05, 0.1) is 6.54 Å². The lowest BCUT2D eigenvalue weighted by molar-refractivity contribution is -0.115. The summed E-state index contributed by atoms with van der Waals surface area (Å²) in [5.41, 5.74) is 1.05. The van der Waals surface area contributed by atoms with Gasteiger partial charge in [-0.3, -0.25) is 14.6 Å². The average Bonchev–Trinajstić information content (AvgIpc) is 3.09. The highest BCUT2D eigenvalue weighted by atomic mass is 35.5. The van der Waals surface area contributed by atoms with E-state index in [-0.39, 0.29) is 12.2 Å². The Morgan fingerprint density at radius 3 is 2.57 bits per heavy atom. The van der Waals surface area contributed by atoms with Crippen LogP contribution in [0.1, 0.15) is 20.9 Å². The molecule has 0 spiro atoms. The number of hydrogen-bond acceptors (Lipinski definition) is 5. The van der Waals surface area contributed by atoms with Gasteiger partial charge in [-0.1, -0.05) is 40.9 Å². The number of halogens is 3. The van der Waals surface area contributed by atoms with Gasteiger partial charge in [-0.05, 0) is 29.8 Å². The number of thiazole rings is 1. The minimum atomic E-state index is -0.491. The molecule has 0 unspecified atom stereocenters. The highest BCUT2D eigenvalue weighted by Gasteiger charge is 2.12. The van der Waals surface area contributed by atoms with Crippen molar-refractivity contribution in [2.24, 2.45) is 0 Å². The summed E-state index contributed by atoms with van der Waals surface area (Å²) in [7, 11) is 0. The van der Waals surface area contributed by atoms with Crippen LogP contribution in [0.25, 0.3) is 0 Å². The molecule has 6 nitrogen and oxygen atoms in total. The van der Waals surface area contributed by atoms with Crippen LogP contribution in [0.4, 0.5) is 5.13 Å². The second kappa shape index (κ2) is 9.34. The lowest BCUT2D eigenvalue weighted by Gasteiger charge is -2.05. The molecule has 0 atom stereocenters. The van der Waals surface area contributed by atoms with Crippen molar-refractivity contribution in [3.63, 3.8) is 0 Å². The van der Waals surface area contributed by atoms with Crippen LogP contribution in [-0.4, -0.2) is 28.3 Å². The second-order valence-corrected chi connectivity index (χ2v) is 8.03. The predicted octanol–water partition coefficient (Wildman–Crippen LogP) is 4.46. The van der Waals surface area contributed by atoms with Gasteiger partial charge in [-0.2, -0.15) is 0 Å². The molecule has 0 saturated heterocycles. The molecule has 1 aromatic carbocycles. The smallest absolute Gasteiger partial charge is 0.270 e. The zero-order valence-electron chi connectivity index (χ0n) is 14.2. The van der Waals surface area contributed by atoms with E-state index in [0.717, 1.165) is 10.4 Å². The quantitative estimate of drug-likeness (QED) is 0.575. The maximum absolute atomic E-state index is 12.0. The van der Waals surface area contributed by atoms with Gasteiger partial charge in [-0.25, -0.2) is 4.98 Å². The summed E-state index contributed by atoms with van der Waals surface area (Å²) in [6.07, 6.45) is 3.65. The van der Waals surface area contributed by atoms with Crippen molar-refractivity contribution in [1.82, 2.24) is 15.3 Å². The van der Waals surface area contributed by atoms with E-state index in [4.69, 9.17) is 34.8 Å². The normalized spacial score (nSPS) is 10.5. The summed E-state index contributed by atoms with van der Waals surface area (Å²) in [6, 6.07) is 8.28. The number of rotatable bonds is 6. The van der Waals surface area contributed by atoms with Crippen molar-refractivity contribution in [2.45, 2.75) is 6.42 Å². The monoisotopic (exact) mass is 454 g/mol. The second-order valence-electron chi connectivity index (χ2n) is 5.63. The highest BCUT2D eigenvalue weighted by molar-refractivity contribution is 7.15. The molecule has 2 amide bonds. The molecule has 2 heterocycles.